The first-order chi connectivity index (χ1) is 7.85. The lowest BCUT2D eigenvalue weighted by atomic mass is 10.3. The van der Waals surface area contributed by atoms with Crippen molar-refractivity contribution in [2.75, 3.05) is 6.61 Å². The van der Waals surface area contributed by atoms with Gasteiger partial charge in [-0.25, -0.2) is 4.68 Å². The molecule has 1 aromatic rings. The van der Waals surface area contributed by atoms with Crippen molar-refractivity contribution < 1.29 is 22.7 Å². The molecule has 0 bridgehead atoms. The van der Waals surface area contributed by atoms with Crippen molar-refractivity contribution in [3.05, 3.63) is 11.3 Å². The molecule has 0 atom stereocenters. The highest BCUT2D eigenvalue weighted by molar-refractivity contribution is 5.79. The van der Waals surface area contributed by atoms with Crippen LogP contribution in [0.15, 0.2) is 0 Å². The summed E-state index contributed by atoms with van der Waals surface area (Å²) in [5.74, 6) is 0.208. The first-order valence-corrected chi connectivity index (χ1v) is 5.03. The third-order valence-corrected chi connectivity index (χ3v) is 2.18. The number of aryl methyl sites for hydroxylation is 2. The third kappa shape index (κ3) is 3.76. The van der Waals surface area contributed by atoms with Crippen LogP contribution in [0.25, 0.3) is 0 Å². The second-order valence-corrected chi connectivity index (χ2v) is 3.61. The minimum absolute atomic E-state index is 0.0979. The van der Waals surface area contributed by atoms with Gasteiger partial charge in [0, 0.05) is 13.5 Å². The van der Waals surface area contributed by atoms with Crippen LogP contribution in [0, 0.1) is 6.92 Å². The molecule has 1 rings (SSSR count). The average molecular weight is 250 g/mol. The van der Waals surface area contributed by atoms with Crippen LogP contribution < -0.4 is 4.74 Å². The number of ether oxygens (including phenoxy) is 1. The van der Waals surface area contributed by atoms with E-state index in [2.05, 4.69) is 5.10 Å². The second-order valence-electron chi connectivity index (χ2n) is 3.61. The number of halogens is 3. The van der Waals surface area contributed by atoms with E-state index in [1.165, 1.54) is 4.68 Å². The monoisotopic (exact) mass is 250 g/mol. The minimum atomic E-state index is -4.18. The fraction of sp³-hybridized carbons (Fsp3) is 0.600. The summed E-state index contributed by atoms with van der Waals surface area (Å²) in [7, 11) is 1.57. The van der Waals surface area contributed by atoms with Gasteiger partial charge in [0.25, 0.3) is 0 Å². The summed E-state index contributed by atoms with van der Waals surface area (Å²) in [6.07, 6.45) is -4.65. The van der Waals surface area contributed by atoms with Crippen molar-refractivity contribution in [2.24, 2.45) is 7.05 Å². The molecular formula is C10H13F3N2O2. The Kier molecular flexibility index (Phi) is 4.14. The molecule has 17 heavy (non-hydrogen) atoms. The molecule has 0 fully saturated rings. The van der Waals surface area contributed by atoms with Crippen LogP contribution >= 0.6 is 0 Å². The lowest BCUT2D eigenvalue weighted by Crippen LogP contribution is -2.11. The quantitative estimate of drug-likeness (QED) is 0.594. The van der Waals surface area contributed by atoms with Crippen LogP contribution in [-0.4, -0.2) is 28.8 Å². The molecule has 0 aliphatic rings. The average Bonchev–Trinajstić information content (AvgIpc) is 2.46. The van der Waals surface area contributed by atoms with Gasteiger partial charge in [-0.05, 0) is 13.3 Å². The van der Waals surface area contributed by atoms with Crippen molar-refractivity contribution in [1.29, 1.82) is 0 Å². The van der Waals surface area contributed by atoms with E-state index in [1.807, 2.05) is 0 Å². The largest absolute Gasteiger partial charge is 0.477 e. The molecular weight excluding hydrogens is 237 g/mol. The van der Waals surface area contributed by atoms with E-state index < -0.39 is 12.6 Å². The van der Waals surface area contributed by atoms with Crippen LogP contribution in [0.3, 0.4) is 0 Å². The zero-order valence-corrected chi connectivity index (χ0v) is 9.54. The molecule has 0 aliphatic carbocycles. The molecule has 7 heteroatoms. The zero-order chi connectivity index (χ0) is 13.1. The van der Waals surface area contributed by atoms with Crippen molar-refractivity contribution in [2.45, 2.75) is 25.9 Å². The fourth-order valence-corrected chi connectivity index (χ4v) is 1.40. The summed E-state index contributed by atoms with van der Waals surface area (Å²) in [6, 6.07) is 0. The molecule has 96 valence electrons. The summed E-state index contributed by atoms with van der Waals surface area (Å²) in [6.45, 7) is 1.53. The number of rotatable bonds is 5. The molecule has 4 nitrogen and oxygen atoms in total. The molecule has 0 unspecified atom stereocenters. The van der Waals surface area contributed by atoms with Crippen LogP contribution in [0.2, 0.25) is 0 Å². The molecule has 0 radical (unpaired) electrons. The van der Waals surface area contributed by atoms with Gasteiger partial charge in [0.1, 0.15) is 0 Å². The first kappa shape index (κ1) is 13.5. The summed E-state index contributed by atoms with van der Waals surface area (Å²) in [5.41, 5.74) is 0.771. The number of hydrogen-bond donors (Lipinski definition) is 0. The van der Waals surface area contributed by atoms with E-state index in [1.54, 1.807) is 14.0 Å². The highest BCUT2D eigenvalue weighted by Gasteiger charge is 2.26. The smallest absolute Gasteiger partial charge is 0.389 e. The number of carbonyl (C=O) groups is 1. The summed E-state index contributed by atoms with van der Waals surface area (Å²) < 4.78 is 42.1. The van der Waals surface area contributed by atoms with Gasteiger partial charge >= 0.3 is 6.18 Å². The predicted octanol–water partition coefficient (Wildman–Crippen LogP) is 2.26. The molecule has 0 N–H and O–H groups in total. The van der Waals surface area contributed by atoms with Crippen LogP contribution in [0.1, 0.15) is 28.9 Å². The van der Waals surface area contributed by atoms with Crippen molar-refractivity contribution >= 4 is 6.29 Å². The van der Waals surface area contributed by atoms with E-state index in [9.17, 15) is 18.0 Å². The topological polar surface area (TPSA) is 44.1 Å². The first-order valence-electron chi connectivity index (χ1n) is 5.03. The summed E-state index contributed by atoms with van der Waals surface area (Å²) in [4.78, 5) is 10.7. The van der Waals surface area contributed by atoms with E-state index >= 15 is 0 Å². The lowest BCUT2D eigenvalue weighted by molar-refractivity contribution is -0.136. The standard InChI is InChI=1S/C10H13F3N2O2/c1-7-8(6-16)9(15(2)14-7)17-5-3-4-10(11,12)13/h6H,3-5H2,1-2H3. The van der Waals surface area contributed by atoms with Crippen molar-refractivity contribution in [3.8, 4) is 5.88 Å². The van der Waals surface area contributed by atoms with Gasteiger partial charge in [-0.3, -0.25) is 4.79 Å². The normalized spacial score (nSPS) is 11.6. The van der Waals surface area contributed by atoms with Crippen LogP contribution in [0.5, 0.6) is 5.88 Å². The number of aldehydes is 1. The predicted molar refractivity (Wildman–Crippen MR) is 54.1 cm³/mol. The van der Waals surface area contributed by atoms with Crippen LogP contribution in [-0.2, 0) is 7.05 Å². The third-order valence-electron chi connectivity index (χ3n) is 2.18. The Labute approximate surface area is 96.4 Å². The maximum absolute atomic E-state index is 11.9. The Balaban J connectivity index is 2.55. The number of nitrogens with zero attached hydrogens (tertiary/aromatic N) is 2. The molecule has 0 saturated carbocycles. The number of alkyl halides is 3. The van der Waals surface area contributed by atoms with Gasteiger partial charge in [0.05, 0.1) is 17.9 Å². The van der Waals surface area contributed by atoms with Gasteiger partial charge in [0.2, 0.25) is 5.88 Å². The van der Waals surface area contributed by atoms with Gasteiger partial charge in [-0.1, -0.05) is 0 Å². The number of carbonyl (C=O) groups excluding carboxylic acids is 1. The second kappa shape index (κ2) is 5.20. The molecule has 0 spiro atoms. The molecule has 0 saturated heterocycles. The van der Waals surface area contributed by atoms with E-state index in [-0.39, 0.29) is 24.5 Å². The molecule has 0 aliphatic heterocycles. The van der Waals surface area contributed by atoms with Gasteiger partial charge in [0.15, 0.2) is 6.29 Å². The Morgan fingerprint density at radius 1 is 1.47 bits per heavy atom. The molecule has 0 amide bonds. The summed E-state index contributed by atoms with van der Waals surface area (Å²) in [5, 5.41) is 3.95. The van der Waals surface area contributed by atoms with Gasteiger partial charge in [-0.2, -0.15) is 18.3 Å². The molecule has 0 aromatic carbocycles. The highest BCUT2D eigenvalue weighted by Crippen LogP contribution is 2.23. The van der Waals surface area contributed by atoms with Crippen LogP contribution in [0.4, 0.5) is 13.2 Å². The fourth-order valence-electron chi connectivity index (χ4n) is 1.40. The lowest BCUT2D eigenvalue weighted by Gasteiger charge is -2.08. The number of hydrogen-bond acceptors (Lipinski definition) is 3. The van der Waals surface area contributed by atoms with Crippen molar-refractivity contribution in [3.63, 3.8) is 0 Å². The van der Waals surface area contributed by atoms with E-state index in [0.717, 1.165) is 0 Å². The Morgan fingerprint density at radius 3 is 2.65 bits per heavy atom. The molecule has 1 heterocycles. The zero-order valence-electron chi connectivity index (χ0n) is 9.54. The van der Waals surface area contributed by atoms with Gasteiger partial charge in [-0.15, -0.1) is 0 Å². The Morgan fingerprint density at radius 2 is 2.12 bits per heavy atom. The maximum atomic E-state index is 11.9. The maximum Gasteiger partial charge on any atom is 0.389 e. The van der Waals surface area contributed by atoms with Gasteiger partial charge < -0.3 is 4.74 Å². The SMILES string of the molecule is Cc1nn(C)c(OCCCC(F)(F)F)c1C=O. The number of aromatic nitrogens is 2. The Hall–Kier alpha value is -1.53. The minimum Gasteiger partial charge on any atom is -0.477 e. The van der Waals surface area contributed by atoms with E-state index in [4.69, 9.17) is 4.74 Å². The summed E-state index contributed by atoms with van der Waals surface area (Å²) >= 11 is 0. The van der Waals surface area contributed by atoms with Crippen molar-refractivity contribution in [1.82, 2.24) is 9.78 Å². The highest BCUT2D eigenvalue weighted by atomic mass is 19.4. The van der Waals surface area contributed by atoms with E-state index in [0.29, 0.717) is 12.0 Å². The Bertz CT molecular complexity index is 399. The molecule has 1 aromatic heterocycles.